The molecule has 2 aromatic rings. The first-order valence-electron chi connectivity index (χ1n) is 6.88. The van der Waals surface area contributed by atoms with Crippen LogP contribution in [0, 0.1) is 0 Å². The van der Waals surface area contributed by atoms with E-state index in [1.54, 1.807) is 11.3 Å². The van der Waals surface area contributed by atoms with E-state index in [9.17, 15) is 5.11 Å². The Kier molecular flexibility index (Phi) is 4.34. The van der Waals surface area contributed by atoms with E-state index in [-0.39, 0.29) is 0 Å². The third kappa shape index (κ3) is 2.87. The molecule has 0 amide bonds. The zero-order valence-corrected chi connectivity index (χ0v) is 13.1. The maximum absolute atomic E-state index is 10.6. The Hall–Kier alpha value is -0.970. The van der Waals surface area contributed by atoms with E-state index in [1.807, 2.05) is 43.0 Å². The van der Waals surface area contributed by atoms with Gasteiger partial charge in [-0.05, 0) is 48.4 Å². The number of hydrogen-bond donors (Lipinski definition) is 1. The first-order valence-corrected chi connectivity index (χ1v) is 8.85. The maximum Gasteiger partial charge on any atom is 0.119 e. The number of rotatable bonds is 4. The summed E-state index contributed by atoms with van der Waals surface area (Å²) >= 11 is 3.73. The van der Waals surface area contributed by atoms with Gasteiger partial charge in [0.2, 0.25) is 0 Å². The van der Waals surface area contributed by atoms with Gasteiger partial charge in [0, 0.05) is 15.5 Å². The fourth-order valence-corrected chi connectivity index (χ4v) is 4.80. The molecule has 1 aliphatic heterocycles. The lowest BCUT2D eigenvalue weighted by molar-refractivity contribution is 0.223. The summed E-state index contributed by atoms with van der Waals surface area (Å²) in [5, 5.41) is 10.6. The van der Waals surface area contributed by atoms with Gasteiger partial charge < -0.3 is 9.84 Å². The van der Waals surface area contributed by atoms with Crippen LogP contribution in [0.3, 0.4) is 0 Å². The minimum Gasteiger partial charge on any atom is -0.494 e. The van der Waals surface area contributed by atoms with Gasteiger partial charge in [-0.2, -0.15) is 11.8 Å². The van der Waals surface area contributed by atoms with Crippen molar-refractivity contribution < 1.29 is 9.84 Å². The van der Waals surface area contributed by atoms with Gasteiger partial charge in [-0.1, -0.05) is 12.1 Å². The van der Waals surface area contributed by atoms with E-state index < -0.39 is 6.10 Å². The fraction of sp³-hybridized carbons (Fsp3) is 0.375. The first kappa shape index (κ1) is 14.0. The molecule has 20 heavy (non-hydrogen) atoms. The summed E-state index contributed by atoms with van der Waals surface area (Å²) in [4.78, 5) is 2.49. The number of benzene rings is 1. The van der Waals surface area contributed by atoms with Gasteiger partial charge in [0.05, 0.1) is 6.61 Å². The van der Waals surface area contributed by atoms with Crippen molar-refractivity contribution in [3.05, 3.63) is 51.2 Å². The second kappa shape index (κ2) is 6.20. The lowest BCUT2D eigenvalue weighted by atomic mass is 10.1. The Morgan fingerprint density at radius 3 is 3.05 bits per heavy atom. The molecule has 0 radical (unpaired) electrons. The average molecular weight is 306 g/mol. The molecule has 1 N–H and O–H groups in total. The van der Waals surface area contributed by atoms with Crippen LogP contribution in [0.4, 0.5) is 0 Å². The summed E-state index contributed by atoms with van der Waals surface area (Å²) in [6.45, 7) is 2.61. The van der Waals surface area contributed by atoms with E-state index in [0.717, 1.165) is 28.4 Å². The summed E-state index contributed by atoms with van der Waals surface area (Å²) in [6, 6.07) is 9.93. The molecule has 1 aromatic heterocycles. The van der Waals surface area contributed by atoms with E-state index in [4.69, 9.17) is 4.74 Å². The molecular formula is C16H18O2S2. The number of fused-ring (bicyclic) bond motifs is 1. The van der Waals surface area contributed by atoms with Crippen LogP contribution >= 0.6 is 23.1 Å². The van der Waals surface area contributed by atoms with Crippen molar-refractivity contribution in [3.63, 3.8) is 0 Å². The van der Waals surface area contributed by atoms with Crippen molar-refractivity contribution >= 4 is 23.1 Å². The van der Waals surface area contributed by atoms with E-state index in [1.165, 1.54) is 16.2 Å². The van der Waals surface area contributed by atoms with E-state index in [2.05, 4.69) is 6.07 Å². The highest BCUT2D eigenvalue weighted by Gasteiger charge is 2.19. The molecule has 106 valence electrons. The molecule has 2 heterocycles. The van der Waals surface area contributed by atoms with Crippen LogP contribution in [0.5, 0.6) is 5.75 Å². The van der Waals surface area contributed by atoms with Gasteiger partial charge in [-0.3, -0.25) is 0 Å². The van der Waals surface area contributed by atoms with Gasteiger partial charge in [0.25, 0.3) is 0 Å². The van der Waals surface area contributed by atoms with Crippen molar-refractivity contribution in [2.24, 2.45) is 0 Å². The smallest absolute Gasteiger partial charge is 0.119 e. The quantitative estimate of drug-likeness (QED) is 0.925. The van der Waals surface area contributed by atoms with Gasteiger partial charge >= 0.3 is 0 Å². The van der Waals surface area contributed by atoms with Gasteiger partial charge in [-0.15, -0.1) is 11.3 Å². The molecule has 1 aromatic carbocycles. The summed E-state index contributed by atoms with van der Waals surface area (Å²) in [6.07, 6.45) is 0.590. The second-order valence-electron chi connectivity index (χ2n) is 4.81. The van der Waals surface area contributed by atoms with Gasteiger partial charge in [0.15, 0.2) is 0 Å². The Balaban J connectivity index is 1.86. The first-order chi connectivity index (χ1) is 9.78. The number of thiophene rings is 1. The predicted molar refractivity (Wildman–Crippen MR) is 85.9 cm³/mol. The van der Waals surface area contributed by atoms with Gasteiger partial charge in [-0.25, -0.2) is 0 Å². The predicted octanol–water partition coefficient (Wildman–Crippen LogP) is 4.02. The van der Waals surface area contributed by atoms with Crippen LogP contribution in [0.2, 0.25) is 0 Å². The summed E-state index contributed by atoms with van der Waals surface area (Å²) < 4.78 is 5.50. The maximum atomic E-state index is 10.6. The highest BCUT2D eigenvalue weighted by Crippen LogP contribution is 2.36. The van der Waals surface area contributed by atoms with Crippen LogP contribution in [0.1, 0.15) is 33.9 Å². The molecule has 3 rings (SSSR count). The standard InChI is InChI=1S/C16H18O2S2/c1-2-18-13-5-3-4-11(8-13)16(17)15-9-12-10-19-7-6-14(12)20-15/h3-5,8-9,16-17H,2,6-7,10H2,1H3. The van der Waals surface area contributed by atoms with Crippen molar-refractivity contribution in [1.82, 2.24) is 0 Å². The lowest BCUT2D eigenvalue weighted by Gasteiger charge is -2.11. The molecule has 0 aliphatic carbocycles. The van der Waals surface area contributed by atoms with Crippen LogP contribution in [0.25, 0.3) is 0 Å². The monoisotopic (exact) mass is 306 g/mol. The molecule has 0 fully saturated rings. The number of thioether (sulfide) groups is 1. The second-order valence-corrected chi connectivity index (χ2v) is 7.08. The minimum atomic E-state index is -0.545. The fourth-order valence-electron chi connectivity index (χ4n) is 2.41. The normalized spacial score (nSPS) is 15.7. The highest BCUT2D eigenvalue weighted by atomic mass is 32.2. The van der Waals surface area contributed by atoms with Crippen LogP contribution in [-0.2, 0) is 12.2 Å². The van der Waals surface area contributed by atoms with E-state index in [0.29, 0.717) is 6.61 Å². The highest BCUT2D eigenvalue weighted by molar-refractivity contribution is 7.98. The number of ether oxygens (including phenoxy) is 1. The molecule has 0 saturated heterocycles. The molecule has 4 heteroatoms. The Morgan fingerprint density at radius 2 is 2.25 bits per heavy atom. The van der Waals surface area contributed by atoms with Crippen molar-refractivity contribution in [1.29, 1.82) is 0 Å². The Bertz CT molecular complexity index is 568. The zero-order chi connectivity index (χ0) is 13.9. The molecular weight excluding hydrogens is 288 g/mol. The topological polar surface area (TPSA) is 29.5 Å². The number of aliphatic hydroxyl groups is 1. The molecule has 1 aliphatic rings. The molecule has 1 unspecified atom stereocenters. The SMILES string of the molecule is CCOc1cccc(C(O)c2cc3c(s2)CCSC3)c1. The molecule has 1 atom stereocenters. The summed E-state index contributed by atoms with van der Waals surface area (Å²) in [5.41, 5.74) is 2.31. The number of aliphatic hydroxyl groups excluding tert-OH is 1. The summed E-state index contributed by atoms with van der Waals surface area (Å²) in [7, 11) is 0. The average Bonchev–Trinajstić information content (AvgIpc) is 2.91. The Labute approximate surface area is 127 Å². The molecule has 0 spiro atoms. The van der Waals surface area contributed by atoms with Crippen LogP contribution in [-0.4, -0.2) is 17.5 Å². The van der Waals surface area contributed by atoms with E-state index >= 15 is 0 Å². The number of aryl methyl sites for hydroxylation is 1. The number of hydrogen-bond acceptors (Lipinski definition) is 4. The molecule has 2 nitrogen and oxygen atoms in total. The lowest BCUT2D eigenvalue weighted by Crippen LogP contribution is -1.98. The van der Waals surface area contributed by atoms with Crippen molar-refractivity contribution in [2.75, 3.05) is 12.4 Å². The van der Waals surface area contributed by atoms with Gasteiger partial charge in [0.1, 0.15) is 11.9 Å². The Morgan fingerprint density at radius 1 is 1.35 bits per heavy atom. The molecule has 0 saturated carbocycles. The third-order valence-electron chi connectivity index (χ3n) is 3.40. The third-order valence-corrected chi connectivity index (χ3v) is 5.70. The largest absolute Gasteiger partial charge is 0.494 e. The van der Waals surface area contributed by atoms with Crippen molar-refractivity contribution in [2.45, 2.75) is 25.2 Å². The van der Waals surface area contributed by atoms with Crippen LogP contribution in [0.15, 0.2) is 30.3 Å². The minimum absolute atomic E-state index is 0.545. The zero-order valence-electron chi connectivity index (χ0n) is 11.5. The van der Waals surface area contributed by atoms with Crippen molar-refractivity contribution in [3.8, 4) is 5.75 Å². The van der Waals surface area contributed by atoms with Crippen LogP contribution < -0.4 is 4.74 Å². The molecule has 0 bridgehead atoms. The summed E-state index contributed by atoms with van der Waals surface area (Å²) in [5.74, 6) is 3.10.